The SMILES string of the molecule is CCC(C)C(=O)OCCOc1cccc(OCCOC(=O)C(C)CC)c1. The van der Waals surface area contributed by atoms with Crippen LogP contribution < -0.4 is 9.47 Å². The fourth-order valence-electron chi connectivity index (χ4n) is 1.88. The van der Waals surface area contributed by atoms with Crippen LogP contribution in [0.3, 0.4) is 0 Å². The molecule has 6 heteroatoms. The van der Waals surface area contributed by atoms with E-state index >= 15 is 0 Å². The van der Waals surface area contributed by atoms with Gasteiger partial charge in [-0.1, -0.05) is 33.8 Å². The van der Waals surface area contributed by atoms with Crippen molar-refractivity contribution in [1.82, 2.24) is 0 Å². The number of hydrogen-bond acceptors (Lipinski definition) is 6. The van der Waals surface area contributed by atoms with E-state index in [2.05, 4.69) is 0 Å². The second-order valence-corrected chi connectivity index (χ2v) is 6.13. The molecule has 0 saturated carbocycles. The summed E-state index contributed by atoms with van der Waals surface area (Å²) < 4.78 is 21.4. The molecule has 0 N–H and O–H groups in total. The third kappa shape index (κ3) is 8.23. The van der Waals surface area contributed by atoms with Crippen molar-refractivity contribution in [3.63, 3.8) is 0 Å². The number of carbonyl (C=O) groups is 2. The largest absolute Gasteiger partial charge is 0.490 e. The Morgan fingerprint density at radius 1 is 0.808 bits per heavy atom. The highest BCUT2D eigenvalue weighted by molar-refractivity contribution is 5.72. The predicted octanol–water partition coefficient (Wildman–Crippen LogP) is 3.62. The summed E-state index contributed by atoms with van der Waals surface area (Å²) in [6, 6.07) is 7.15. The molecule has 0 aromatic heterocycles. The molecule has 0 aliphatic rings. The van der Waals surface area contributed by atoms with Gasteiger partial charge < -0.3 is 18.9 Å². The van der Waals surface area contributed by atoms with Gasteiger partial charge in [-0.25, -0.2) is 0 Å². The first-order chi connectivity index (χ1) is 12.5. The highest BCUT2D eigenvalue weighted by atomic mass is 16.6. The van der Waals surface area contributed by atoms with E-state index < -0.39 is 0 Å². The summed E-state index contributed by atoms with van der Waals surface area (Å²) >= 11 is 0. The van der Waals surface area contributed by atoms with E-state index in [4.69, 9.17) is 18.9 Å². The van der Waals surface area contributed by atoms with Crippen LogP contribution in [-0.2, 0) is 19.1 Å². The molecule has 1 rings (SSSR count). The van der Waals surface area contributed by atoms with Crippen LogP contribution in [0.2, 0.25) is 0 Å². The number of ether oxygens (including phenoxy) is 4. The van der Waals surface area contributed by atoms with Crippen LogP contribution in [0.25, 0.3) is 0 Å². The summed E-state index contributed by atoms with van der Waals surface area (Å²) in [4.78, 5) is 23.1. The first kappa shape index (κ1) is 21.8. The minimum atomic E-state index is -0.208. The number of benzene rings is 1. The molecule has 146 valence electrons. The van der Waals surface area contributed by atoms with Crippen molar-refractivity contribution < 1.29 is 28.5 Å². The smallest absolute Gasteiger partial charge is 0.308 e. The molecule has 0 radical (unpaired) electrons. The molecule has 0 heterocycles. The summed E-state index contributed by atoms with van der Waals surface area (Å²) in [7, 11) is 0. The van der Waals surface area contributed by atoms with E-state index in [0.29, 0.717) is 11.5 Å². The maximum atomic E-state index is 11.6. The van der Waals surface area contributed by atoms with Gasteiger partial charge in [0.2, 0.25) is 0 Å². The Kier molecular flexibility index (Phi) is 10.2. The highest BCUT2D eigenvalue weighted by Gasteiger charge is 2.12. The molecule has 0 aliphatic heterocycles. The molecule has 0 amide bonds. The number of carbonyl (C=O) groups excluding carboxylic acids is 2. The third-order valence-corrected chi connectivity index (χ3v) is 4.03. The average molecular weight is 366 g/mol. The van der Waals surface area contributed by atoms with E-state index in [-0.39, 0.29) is 50.2 Å². The maximum Gasteiger partial charge on any atom is 0.308 e. The lowest BCUT2D eigenvalue weighted by Gasteiger charge is -2.12. The first-order valence-corrected chi connectivity index (χ1v) is 9.16. The van der Waals surface area contributed by atoms with Gasteiger partial charge in [-0.05, 0) is 25.0 Å². The quantitative estimate of drug-likeness (QED) is 0.416. The third-order valence-electron chi connectivity index (χ3n) is 4.03. The van der Waals surface area contributed by atoms with Crippen LogP contribution in [0.4, 0.5) is 0 Å². The molecule has 0 saturated heterocycles. The summed E-state index contributed by atoms with van der Waals surface area (Å²) in [6.07, 6.45) is 1.51. The lowest BCUT2D eigenvalue weighted by molar-refractivity contribution is -0.149. The van der Waals surface area contributed by atoms with E-state index in [9.17, 15) is 9.59 Å². The van der Waals surface area contributed by atoms with Crippen molar-refractivity contribution in [3.05, 3.63) is 24.3 Å². The van der Waals surface area contributed by atoms with Crippen LogP contribution in [0.15, 0.2) is 24.3 Å². The summed E-state index contributed by atoms with van der Waals surface area (Å²) in [6.45, 7) is 8.53. The topological polar surface area (TPSA) is 71.1 Å². The Bertz CT molecular complexity index is 512. The second kappa shape index (κ2) is 12.2. The maximum absolute atomic E-state index is 11.6. The van der Waals surface area contributed by atoms with Crippen LogP contribution >= 0.6 is 0 Å². The van der Waals surface area contributed by atoms with Gasteiger partial charge in [0.25, 0.3) is 0 Å². The van der Waals surface area contributed by atoms with Crippen molar-refractivity contribution in [2.24, 2.45) is 11.8 Å². The zero-order chi connectivity index (χ0) is 19.4. The van der Waals surface area contributed by atoms with Crippen molar-refractivity contribution in [3.8, 4) is 11.5 Å². The normalized spacial score (nSPS) is 12.8. The fraction of sp³-hybridized carbons (Fsp3) is 0.600. The molecule has 1 aromatic rings. The van der Waals surface area contributed by atoms with E-state index in [0.717, 1.165) is 12.8 Å². The summed E-state index contributed by atoms with van der Waals surface area (Å²) in [5.41, 5.74) is 0. The van der Waals surface area contributed by atoms with Crippen molar-refractivity contribution in [2.45, 2.75) is 40.5 Å². The monoisotopic (exact) mass is 366 g/mol. The zero-order valence-corrected chi connectivity index (χ0v) is 16.2. The number of rotatable bonds is 12. The van der Waals surface area contributed by atoms with Gasteiger partial charge >= 0.3 is 11.9 Å². The number of esters is 2. The van der Waals surface area contributed by atoms with Gasteiger partial charge in [0, 0.05) is 6.07 Å². The number of hydrogen-bond donors (Lipinski definition) is 0. The molecule has 2 unspecified atom stereocenters. The summed E-state index contributed by atoms with van der Waals surface area (Å²) in [5.74, 6) is 0.639. The Morgan fingerprint density at radius 3 is 1.62 bits per heavy atom. The molecule has 0 bridgehead atoms. The lowest BCUT2D eigenvalue weighted by Crippen LogP contribution is -2.18. The fourth-order valence-corrected chi connectivity index (χ4v) is 1.88. The molecule has 2 atom stereocenters. The van der Waals surface area contributed by atoms with Gasteiger partial charge in [-0.2, -0.15) is 0 Å². The summed E-state index contributed by atoms with van der Waals surface area (Å²) in [5, 5.41) is 0. The van der Waals surface area contributed by atoms with Gasteiger partial charge in [0.15, 0.2) is 0 Å². The van der Waals surface area contributed by atoms with Gasteiger partial charge in [0.1, 0.15) is 37.9 Å². The molecule has 26 heavy (non-hydrogen) atoms. The van der Waals surface area contributed by atoms with E-state index in [1.165, 1.54) is 0 Å². The highest BCUT2D eigenvalue weighted by Crippen LogP contribution is 2.19. The van der Waals surface area contributed by atoms with Gasteiger partial charge in [0.05, 0.1) is 11.8 Å². The van der Waals surface area contributed by atoms with Crippen molar-refractivity contribution in [1.29, 1.82) is 0 Å². The average Bonchev–Trinajstić information content (AvgIpc) is 2.67. The molecule has 0 spiro atoms. The second-order valence-electron chi connectivity index (χ2n) is 6.13. The van der Waals surface area contributed by atoms with Crippen molar-refractivity contribution in [2.75, 3.05) is 26.4 Å². The molecule has 0 aliphatic carbocycles. The van der Waals surface area contributed by atoms with E-state index in [1.54, 1.807) is 24.3 Å². The van der Waals surface area contributed by atoms with Crippen molar-refractivity contribution >= 4 is 11.9 Å². The standard InChI is InChI=1S/C20H30O6/c1-5-15(3)19(21)25-12-10-23-17-8-7-9-18(14-17)24-11-13-26-20(22)16(4)6-2/h7-9,14-16H,5-6,10-13H2,1-4H3. The molecule has 1 aromatic carbocycles. The first-order valence-electron chi connectivity index (χ1n) is 9.16. The van der Waals surface area contributed by atoms with Crippen LogP contribution in [0, 0.1) is 11.8 Å². The van der Waals surface area contributed by atoms with Gasteiger partial charge in [-0.3, -0.25) is 9.59 Å². The van der Waals surface area contributed by atoms with E-state index in [1.807, 2.05) is 27.7 Å². The zero-order valence-electron chi connectivity index (χ0n) is 16.2. The van der Waals surface area contributed by atoms with Crippen LogP contribution in [0.1, 0.15) is 40.5 Å². The molecular formula is C20H30O6. The minimum absolute atomic E-state index is 0.0962. The Hall–Kier alpha value is -2.24. The van der Waals surface area contributed by atoms with Gasteiger partial charge in [-0.15, -0.1) is 0 Å². The lowest BCUT2D eigenvalue weighted by atomic mass is 10.1. The Labute approximate surface area is 155 Å². The molecular weight excluding hydrogens is 336 g/mol. The molecule has 6 nitrogen and oxygen atoms in total. The van der Waals surface area contributed by atoms with Crippen LogP contribution in [-0.4, -0.2) is 38.4 Å². The molecule has 0 fully saturated rings. The Morgan fingerprint density at radius 2 is 1.23 bits per heavy atom. The Balaban J connectivity index is 2.28. The predicted molar refractivity (Wildman–Crippen MR) is 98.3 cm³/mol. The minimum Gasteiger partial charge on any atom is -0.490 e. The van der Waals surface area contributed by atoms with Crippen LogP contribution in [0.5, 0.6) is 11.5 Å².